The number of hydrogen-bond donors (Lipinski definition) is 1. The van der Waals surface area contributed by atoms with Crippen LogP contribution in [0.4, 0.5) is 0 Å². The molecule has 2 unspecified atom stereocenters. The monoisotopic (exact) mass is 467 g/mol. The predicted molar refractivity (Wildman–Crippen MR) is 150 cm³/mol. The zero-order chi connectivity index (χ0) is 25.2. The molecule has 0 bridgehead atoms. The average Bonchev–Trinajstić information content (AvgIpc) is 2.72. The van der Waals surface area contributed by atoms with Gasteiger partial charge in [-0.2, -0.15) is 0 Å². The number of aliphatic imine (C=N–C) groups is 1. The Morgan fingerprint density at radius 3 is 2.06 bits per heavy atom. The van der Waals surface area contributed by atoms with E-state index in [9.17, 15) is 5.11 Å². The molecular formula is C30H46NOP. The van der Waals surface area contributed by atoms with Gasteiger partial charge in [0.25, 0.3) is 0 Å². The summed E-state index contributed by atoms with van der Waals surface area (Å²) in [6.07, 6.45) is 3.11. The second-order valence-corrected chi connectivity index (χ2v) is 13.2. The topological polar surface area (TPSA) is 32.6 Å². The van der Waals surface area contributed by atoms with Crippen molar-refractivity contribution in [1.82, 2.24) is 0 Å². The fourth-order valence-corrected chi connectivity index (χ4v) is 6.68. The molecule has 1 N–H and O–H groups in total. The van der Waals surface area contributed by atoms with E-state index in [1.165, 1.54) is 22.0 Å². The van der Waals surface area contributed by atoms with Crippen molar-refractivity contribution < 1.29 is 5.11 Å². The molecule has 2 atom stereocenters. The van der Waals surface area contributed by atoms with Crippen LogP contribution in [0.1, 0.15) is 109 Å². The van der Waals surface area contributed by atoms with Crippen LogP contribution in [0.3, 0.4) is 0 Å². The van der Waals surface area contributed by atoms with Gasteiger partial charge in [0, 0.05) is 29.0 Å². The number of benzene rings is 2. The number of aryl methyl sites for hydroxylation is 1. The lowest BCUT2D eigenvalue weighted by atomic mass is 9.76. The normalized spacial score (nSPS) is 15.3. The molecule has 0 heterocycles. The first-order valence-corrected chi connectivity index (χ1v) is 13.4. The number of rotatable bonds is 7. The Balaban J connectivity index is 2.90. The van der Waals surface area contributed by atoms with Gasteiger partial charge in [-0.3, -0.25) is 4.99 Å². The molecule has 33 heavy (non-hydrogen) atoms. The molecule has 0 aliphatic carbocycles. The molecule has 2 aromatic carbocycles. The maximum atomic E-state index is 11.8. The van der Waals surface area contributed by atoms with Gasteiger partial charge in [0.15, 0.2) is 0 Å². The van der Waals surface area contributed by atoms with Crippen molar-refractivity contribution in [2.45, 2.75) is 104 Å². The fraction of sp³-hybridized carbons (Fsp3) is 0.567. The van der Waals surface area contributed by atoms with Crippen molar-refractivity contribution in [2.24, 2.45) is 4.99 Å². The maximum absolute atomic E-state index is 11.8. The Kier molecular flexibility index (Phi) is 8.61. The maximum Gasteiger partial charge on any atom is 0.123 e. The standard InChI is InChI=1S/C30H46NOP/c1-12-17-30(13-2,33-27-20(3)15-14-16-23(27)21(4)31-11)25-19-22(28(5,6)7)18-24(26(25)32)29(8,9)10/h14-16,18-19,32-33H,12-13,17H2,1-11H3/b31-21+. The minimum Gasteiger partial charge on any atom is -0.507 e. The van der Waals surface area contributed by atoms with E-state index in [1.54, 1.807) is 0 Å². The minimum absolute atomic E-state index is 0.0105. The van der Waals surface area contributed by atoms with Crippen LogP contribution in [0.5, 0.6) is 5.75 Å². The highest BCUT2D eigenvalue weighted by atomic mass is 31.1. The molecule has 0 aliphatic rings. The summed E-state index contributed by atoms with van der Waals surface area (Å²) in [5.41, 5.74) is 6.99. The van der Waals surface area contributed by atoms with E-state index in [-0.39, 0.29) is 16.0 Å². The first kappa shape index (κ1) is 27.6. The molecule has 2 rings (SSSR count). The second kappa shape index (κ2) is 10.3. The predicted octanol–water partition coefficient (Wildman–Crippen LogP) is 8.14. The third-order valence-electron chi connectivity index (χ3n) is 6.94. The number of phenolic OH excluding ortho intramolecular Hbond substituents is 1. The molecule has 3 heteroatoms. The number of phenols is 1. The van der Waals surface area contributed by atoms with E-state index in [0.29, 0.717) is 14.3 Å². The van der Waals surface area contributed by atoms with Gasteiger partial charge in [0.2, 0.25) is 0 Å². The Labute approximate surface area is 205 Å². The molecule has 0 amide bonds. The molecule has 0 spiro atoms. The van der Waals surface area contributed by atoms with Crippen molar-refractivity contribution in [3.8, 4) is 5.75 Å². The Hall–Kier alpha value is -1.66. The Bertz CT molecular complexity index is 1010. The first-order valence-electron chi connectivity index (χ1n) is 12.4. The molecule has 0 fully saturated rings. The third kappa shape index (κ3) is 5.89. The summed E-state index contributed by atoms with van der Waals surface area (Å²) in [6.45, 7) is 22.3. The Morgan fingerprint density at radius 1 is 0.970 bits per heavy atom. The van der Waals surface area contributed by atoms with E-state index >= 15 is 0 Å². The van der Waals surface area contributed by atoms with Crippen LogP contribution in [-0.4, -0.2) is 17.9 Å². The quantitative estimate of drug-likeness (QED) is 0.323. The highest BCUT2D eigenvalue weighted by Gasteiger charge is 2.37. The fourth-order valence-electron chi connectivity index (χ4n) is 4.65. The van der Waals surface area contributed by atoms with Gasteiger partial charge in [-0.15, -0.1) is 0 Å². The lowest BCUT2D eigenvalue weighted by molar-refractivity contribution is 0.418. The minimum atomic E-state index is -0.131. The largest absolute Gasteiger partial charge is 0.507 e. The van der Waals surface area contributed by atoms with Gasteiger partial charge in [0.05, 0.1) is 0 Å². The van der Waals surface area contributed by atoms with Crippen LogP contribution in [0.25, 0.3) is 0 Å². The summed E-state index contributed by atoms with van der Waals surface area (Å²) < 4.78 is 0. The van der Waals surface area contributed by atoms with Crippen molar-refractivity contribution >= 4 is 19.6 Å². The smallest absolute Gasteiger partial charge is 0.123 e. The van der Waals surface area contributed by atoms with E-state index < -0.39 is 0 Å². The van der Waals surface area contributed by atoms with Gasteiger partial charge in [-0.05, 0) is 59.5 Å². The number of hydrogen-bond acceptors (Lipinski definition) is 2. The average molecular weight is 468 g/mol. The molecule has 2 nitrogen and oxygen atoms in total. The second-order valence-electron chi connectivity index (χ2n) is 11.5. The van der Waals surface area contributed by atoms with Crippen LogP contribution < -0.4 is 5.30 Å². The van der Waals surface area contributed by atoms with E-state index in [4.69, 9.17) is 0 Å². The van der Waals surface area contributed by atoms with Crippen LogP contribution in [0.2, 0.25) is 0 Å². The molecule has 0 saturated carbocycles. The number of aromatic hydroxyl groups is 1. The third-order valence-corrected chi connectivity index (χ3v) is 9.21. The zero-order valence-electron chi connectivity index (χ0n) is 22.9. The number of nitrogens with zero attached hydrogens (tertiary/aromatic N) is 1. The summed E-state index contributed by atoms with van der Waals surface area (Å²) in [7, 11) is 2.43. The zero-order valence-corrected chi connectivity index (χ0v) is 23.9. The molecule has 0 aliphatic heterocycles. The molecule has 0 aromatic heterocycles. The van der Waals surface area contributed by atoms with Crippen molar-refractivity contribution in [2.75, 3.05) is 7.05 Å². The SMILES string of the molecule is CCCC(CC)(Pc1c(C)cccc1/C(C)=N/C)c1cc(C(C)(C)C)cc(C(C)(C)C)c1O. The summed E-state index contributed by atoms with van der Waals surface area (Å²) >= 11 is 0. The van der Waals surface area contributed by atoms with Gasteiger partial charge < -0.3 is 5.11 Å². The van der Waals surface area contributed by atoms with Gasteiger partial charge in [-0.25, -0.2) is 0 Å². The van der Waals surface area contributed by atoms with Crippen LogP contribution in [0.15, 0.2) is 35.3 Å². The van der Waals surface area contributed by atoms with Gasteiger partial charge in [0.1, 0.15) is 5.75 Å². The van der Waals surface area contributed by atoms with Crippen LogP contribution in [-0.2, 0) is 16.0 Å². The summed E-state index contributed by atoms with van der Waals surface area (Å²) in [5.74, 6) is 0.495. The summed E-state index contributed by atoms with van der Waals surface area (Å²) in [6, 6.07) is 11.1. The van der Waals surface area contributed by atoms with Gasteiger partial charge >= 0.3 is 0 Å². The van der Waals surface area contributed by atoms with Crippen molar-refractivity contribution in [1.29, 1.82) is 0 Å². The molecule has 182 valence electrons. The molecule has 0 saturated heterocycles. The van der Waals surface area contributed by atoms with Crippen molar-refractivity contribution in [3.05, 3.63) is 58.1 Å². The lowest BCUT2D eigenvalue weighted by Crippen LogP contribution is -2.28. The van der Waals surface area contributed by atoms with E-state index in [0.717, 1.165) is 36.1 Å². The Morgan fingerprint density at radius 2 is 1.58 bits per heavy atom. The summed E-state index contributed by atoms with van der Waals surface area (Å²) in [4.78, 5) is 4.52. The van der Waals surface area contributed by atoms with Crippen LogP contribution >= 0.6 is 8.58 Å². The first-order chi connectivity index (χ1) is 15.2. The highest BCUT2D eigenvalue weighted by Crippen LogP contribution is 2.54. The highest BCUT2D eigenvalue weighted by molar-refractivity contribution is 7.49. The van der Waals surface area contributed by atoms with E-state index in [1.807, 2.05) is 7.05 Å². The molecule has 2 aromatic rings. The summed E-state index contributed by atoms with van der Waals surface area (Å²) in [5, 5.41) is 13.0. The molecule has 0 radical (unpaired) electrons. The van der Waals surface area contributed by atoms with E-state index in [2.05, 4.69) is 105 Å². The van der Waals surface area contributed by atoms with Crippen LogP contribution in [0, 0.1) is 6.92 Å². The van der Waals surface area contributed by atoms with Crippen molar-refractivity contribution in [3.63, 3.8) is 0 Å². The lowest BCUT2D eigenvalue weighted by Gasteiger charge is -2.38. The molecular weight excluding hydrogens is 421 g/mol. The van der Waals surface area contributed by atoms with Gasteiger partial charge in [-0.1, -0.05) is 101 Å².